The minimum atomic E-state index is 0.572. The van der Waals surface area contributed by atoms with Crippen molar-refractivity contribution in [3.05, 3.63) is 11.7 Å². The largest absolute Gasteiger partial charge is 0.338 e. The molecule has 1 N–H and O–H groups in total. The van der Waals surface area contributed by atoms with E-state index in [1.54, 1.807) is 0 Å². The van der Waals surface area contributed by atoms with E-state index >= 15 is 0 Å². The van der Waals surface area contributed by atoms with E-state index in [9.17, 15) is 0 Å². The molecule has 5 heteroatoms. The number of aromatic nitrogens is 2. The number of piperidine rings is 1. The van der Waals surface area contributed by atoms with Crippen molar-refractivity contribution in [2.45, 2.75) is 58.5 Å². The second-order valence-corrected chi connectivity index (χ2v) is 7.08. The summed E-state index contributed by atoms with van der Waals surface area (Å²) in [5.74, 6) is 3.00. The van der Waals surface area contributed by atoms with Crippen LogP contribution in [0.5, 0.6) is 0 Å². The van der Waals surface area contributed by atoms with Gasteiger partial charge in [-0.1, -0.05) is 19.0 Å². The fraction of sp³-hybridized carbons (Fsp3) is 0.875. The first-order valence-electron chi connectivity index (χ1n) is 8.47. The molecule has 21 heavy (non-hydrogen) atoms. The predicted octanol–water partition coefficient (Wildman–Crippen LogP) is 2.23. The van der Waals surface area contributed by atoms with E-state index in [0.717, 1.165) is 43.2 Å². The van der Waals surface area contributed by atoms with E-state index in [1.165, 1.54) is 38.8 Å². The SMILES string of the molecule is CC(C)Cc1noc(CN(CC2CCCNC2)C2CC2)n1. The molecule has 0 bridgehead atoms. The summed E-state index contributed by atoms with van der Waals surface area (Å²) in [5.41, 5.74) is 0. The molecule has 1 saturated carbocycles. The van der Waals surface area contributed by atoms with Gasteiger partial charge in [0.05, 0.1) is 6.54 Å². The molecule has 0 amide bonds. The van der Waals surface area contributed by atoms with Gasteiger partial charge in [-0.2, -0.15) is 4.98 Å². The molecule has 0 spiro atoms. The monoisotopic (exact) mass is 292 g/mol. The predicted molar refractivity (Wildman–Crippen MR) is 81.9 cm³/mol. The molecule has 2 fully saturated rings. The molecule has 0 aromatic carbocycles. The Hall–Kier alpha value is -0.940. The maximum Gasteiger partial charge on any atom is 0.240 e. The zero-order chi connectivity index (χ0) is 14.7. The summed E-state index contributed by atoms with van der Waals surface area (Å²) in [5, 5.41) is 7.62. The van der Waals surface area contributed by atoms with Gasteiger partial charge in [-0.15, -0.1) is 0 Å². The van der Waals surface area contributed by atoms with Gasteiger partial charge in [0.1, 0.15) is 0 Å². The highest BCUT2D eigenvalue weighted by Gasteiger charge is 2.32. The highest BCUT2D eigenvalue weighted by atomic mass is 16.5. The van der Waals surface area contributed by atoms with Crippen LogP contribution in [0, 0.1) is 11.8 Å². The third-order valence-corrected chi connectivity index (χ3v) is 4.39. The van der Waals surface area contributed by atoms with Gasteiger partial charge >= 0.3 is 0 Å². The molecular formula is C16H28N4O. The molecule has 1 saturated heterocycles. The first-order chi connectivity index (χ1) is 10.2. The van der Waals surface area contributed by atoms with Gasteiger partial charge in [0.25, 0.3) is 0 Å². The first kappa shape index (κ1) is 15.0. The van der Waals surface area contributed by atoms with Crippen molar-refractivity contribution in [2.24, 2.45) is 11.8 Å². The highest BCUT2D eigenvalue weighted by Crippen LogP contribution is 2.29. The lowest BCUT2D eigenvalue weighted by molar-refractivity contribution is 0.172. The third-order valence-electron chi connectivity index (χ3n) is 4.39. The van der Waals surface area contributed by atoms with E-state index in [2.05, 4.69) is 34.2 Å². The molecule has 118 valence electrons. The minimum Gasteiger partial charge on any atom is -0.338 e. The Morgan fingerprint density at radius 2 is 2.19 bits per heavy atom. The zero-order valence-corrected chi connectivity index (χ0v) is 13.3. The third kappa shape index (κ3) is 4.51. The van der Waals surface area contributed by atoms with E-state index < -0.39 is 0 Å². The lowest BCUT2D eigenvalue weighted by Gasteiger charge is -2.29. The van der Waals surface area contributed by atoms with Gasteiger partial charge in [0.15, 0.2) is 5.82 Å². The number of nitrogens with one attached hydrogen (secondary N) is 1. The van der Waals surface area contributed by atoms with Crippen molar-refractivity contribution in [2.75, 3.05) is 19.6 Å². The molecule has 5 nitrogen and oxygen atoms in total. The van der Waals surface area contributed by atoms with Crippen molar-refractivity contribution in [3.8, 4) is 0 Å². The van der Waals surface area contributed by atoms with Crippen LogP contribution >= 0.6 is 0 Å². The summed E-state index contributed by atoms with van der Waals surface area (Å²) >= 11 is 0. The number of rotatable bonds is 7. The highest BCUT2D eigenvalue weighted by molar-refractivity contribution is 4.92. The van der Waals surface area contributed by atoms with Crippen molar-refractivity contribution in [1.82, 2.24) is 20.4 Å². The van der Waals surface area contributed by atoms with E-state index in [4.69, 9.17) is 4.52 Å². The van der Waals surface area contributed by atoms with Gasteiger partial charge in [-0.05, 0) is 50.6 Å². The fourth-order valence-electron chi connectivity index (χ4n) is 3.17. The summed E-state index contributed by atoms with van der Waals surface area (Å²) < 4.78 is 5.44. The molecule has 2 heterocycles. The normalized spacial score (nSPS) is 23.1. The van der Waals surface area contributed by atoms with Gasteiger partial charge < -0.3 is 9.84 Å². The summed E-state index contributed by atoms with van der Waals surface area (Å²) in [6, 6.07) is 0.743. The van der Waals surface area contributed by atoms with Gasteiger partial charge in [-0.25, -0.2) is 0 Å². The molecule has 3 rings (SSSR count). The van der Waals surface area contributed by atoms with Crippen LogP contribution in [0.25, 0.3) is 0 Å². The average molecular weight is 292 g/mol. The van der Waals surface area contributed by atoms with Crippen LogP contribution in [-0.2, 0) is 13.0 Å². The maximum atomic E-state index is 5.44. The van der Waals surface area contributed by atoms with Crippen LogP contribution in [0.15, 0.2) is 4.52 Å². The molecule has 1 atom stereocenters. The molecule has 2 aliphatic rings. The standard InChI is InChI=1S/C16H28N4O/c1-12(2)8-15-18-16(21-19-15)11-20(14-5-6-14)10-13-4-3-7-17-9-13/h12-14,17H,3-11H2,1-2H3. The van der Waals surface area contributed by atoms with Crippen LogP contribution in [-0.4, -0.2) is 40.7 Å². The van der Waals surface area contributed by atoms with Crippen molar-refractivity contribution >= 4 is 0 Å². The van der Waals surface area contributed by atoms with E-state index in [0.29, 0.717) is 5.92 Å². The molecule has 1 aliphatic carbocycles. The smallest absolute Gasteiger partial charge is 0.240 e. The van der Waals surface area contributed by atoms with E-state index in [1.807, 2.05) is 0 Å². The summed E-state index contributed by atoms with van der Waals surface area (Å²) in [7, 11) is 0. The van der Waals surface area contributed by atoms with Crippen molar-refractivity contribution in [3.63, 3.8) is 0 Å². The lowest BCUT2D eigenvalue weighted by Crippen LogP contribution is -2.39. The Kier molecular flexibility index (Phi) is 4.91. The summed E-state index contributed by atoms with van der Waals surface area (Å²) in [6.45, 7) is 8.70. The quantitative estimate of drug-likeness (QED) is 0.835. The number of hydrogen-bond acceptors (Lipinski definition) is 5. The first-order valence-corrected chi connectivity index (χ1v) is 8.47. The Bertz CT molecular complexity index is 435. The molecule has 1 aromatic rings. The number of nitrogens with zero attached hydrogens (tertiary/aromatic N) is 3. The second kappa shape index (κ2) is 6.88. The van der Waals surface area contributed by atoms with Gasteiger partial charge in [0, 0.05) is 19.0 Å². The molecule has 1 unspecified atom stereocenters. The van der Waals surface area contributed by atoms with Crippen molar-refractivity contribution < 1.29 is 4.52 Å². The van der Waals surface area contributed by atoms with Crippen molar-refractivity contribution in [1.29, 1.82) is 0 Å². The Morgan fingerprint density at radius 1 is 1.33 bits per heavy atom. The molecule has 1 aliphatic heterocycles. The van der Waals surface area contributed by atoms with Gasteiger partial charge in [0.2, 0.25) is 5.89 Å². The van der Waals surface area contributed by atoms with Crippen LogP contribution in [0.2, 0.25) is 0 Å². The number of hydrogen-bond donors (Lipinski definition) is 1. The minimum absolute atomic E-state index is 0.572. The second-order valence-electron chi connectivity index (χ2n) is 7.08. The van der Waals surface area contributed by atoms with Crippen LogP contribution in [0.1, 0.15) is 51.2 Å². The topological polar surface area (TPSA) is 54.2 Å². The van der Waals surface area contributed by atoms with Gasteiger partial charge in [-0.3, -0.25) is 4.90 Å². The molecular weight excluding hydrogens is 264 g/mol. The summed E-state index contributed by atoms with van der Waals surface area (Å²) in [4.78, 5) is 7.12. The van der Waals surface area contributed by atoms with E-state index in [-0.39, 0.29) is 0 Å². The lowest BCUT2D eigenvalue weighted by atomic mass is 9.99. The Labute approximate surface area is 127 Å². The zero-order valence-electron chi connectivity index (χ0n) is 13.3. The maximum absolute atomic E-state index is 5.44. The van der Waals surface area contributed by atoms with Crippen LogP contribution < -0.4 is 5.32 Å². The Balaban J connectivity index is 1.55. The fourth-order valence-corrected chi connectivity index (χ4v) is 3.17. The van der Waals surface area contributed by atoms with Crippen LogP contribution in [0.4, 0.5) is 0 Å². The summed E-state index contributed by atoms with van der Waals surface area (Å²) in [6.07, 6.45) is 6.21. The van der Waals surface area contributed by atoms with Crippen LogP contribution in [0.3, 0.4) is 0 Å². The molecule has 0 radical (unpaired) electrons. The Morgan fingerprint density at radius 3 is 2.86 bits per heavy atom. The molecule has 1 aromatic heterocycles. The average Bonchev–Trinajstić information content (AvgIpc) is 3.22.